The van der Waals surface area contributed by atoms with E-state index in [4.69, 9.17) is 0 Å². The Kier molecular flexibility index (Phi) is 5.03. The van der Waals surface area contributed by atoms with Gasteiger partial charge < -0.3 is 10.6 Å². The van der Waals surface area contributed by atoms with Crippen molar-refractivity contribution in [2.24, 2.45) is 0 Å². The number of nitrogens with zero attached hydrogens (tertiary/aromatic N) is 1. The fraction of sp³-hybridized carbons (Fsp3) is 0.500. The summed E-state index contributed by atoms with van der Waals surface area (Å²) in [7, 11) is 1.85. The second-order valence-electron chi connectivity index (χ2n) is 5.20. The molecule has 2 N–H and O–H groups in total. The van der Waals surface area contributed by atoms with E-state index in [-0.39, 0.29) is 18.1 Å². The maximum Gasteiger partial charge on any atom is 0.238 e. The van der Waals surface area contributed by atoms with Crippen molar-refractivity contribution in [3.63, 3.8) is 0 Å². The van der Waals surface area contributed by atoms with Gasteiger partial charge in [0.05, 0.1) is 6.54 Å². The molecule has 0 bridgehead atoms. The average molecular weight is 283 g/mol. The van der Waals surface area contributed by atoms with E-state index in [1.165, 1.54) is 0 Å². The lowest BCUT2D eigenvalue weighted by molar-refractivity contribution is -0.117. The number of carbonyl (C=O) groups excluding carboxylic acids is 1. The van der Waals surface area contributed by atoms with Crippen LogP contribution >= 0.6 is 0 Å². The molecule has 0 aliphatic carbocycles. The van der Waals surface area contributed by atoms with Crippen LogP contribution in [0.3, 0.4) is 0 Å². The number of hydrogen-bond donors (Lipinski definition) is 2. The average Bonchev–Trinajstić information content (AvgIpc) is 2.79. The molecule has 20 heavy (non-hydrogen) atoms. The first-order valence-electron chi connectivity index (χ1n) is 6.71. The number of carbonyl (C=O) groups is 1. The van der Waals surface area contributed by atoms with E-state index >= 15 is 0 Å². The monoisotopic (exact) mass is 283 g/mol. The molecule has 2 rings (SSSR count). The number of likely N-dealkylation sites (N-methyl/N-ethyl adjacent to an activating group) is 1. The molecule has 1 aliphatic rings. The predicted octanol–water partition coefficient (Wildman–Crippen LogP) is 1.59. The number of rotatable bonds is 5. The maximum atomic E-state index is 13.0. The first-order chi connectivity index (χ1) is 9.52. The standard InChI is InChI=1S/C14H19F2N3O/c1-19(8-12-3-2-4-17-12)9-14(20)18-13-6-10(15)5-11(16)7-13/h5-7,12,17H,2-4,8-9H2,1H3,(H,18,20). The third-order valence-corrected chi connectivity index (χ3v) is 3.25. The van der Waals surface area contributed by atoms with E-state index in [0.717, 1.165) is 44.1 Å². The number of halogens is 2. The van der Waals surface area contributed by atoms with E-state index in [1.54, 1.807) is 0 Å². The van der Waals surface area contributed by atoms with Gasteiger partial charge in [-0.05, 0) is 38.6 Å². The van der Waals surface area contributed by atoms with Gasteiger partial charge in [0.2, 0.25) is 5.91 Å². The number of benzene rings is 1. The van der Waals surface area contributed by atoms with Crippen LogP contribution in [0.4, 0.5) is 14.5 Å². The van der Waals surface area contributed by atoms with Gasteiger partial charge in [0, 0.05) is 24.3 Å². The van der Waals surface area contributed by atoms with Crippen LogP contribution < -0.4 is 10.6 Å². The lowest BCUT2D eigenvalue weighted by Crippen LogP contribution is -2.39. The predicted molar refractivity (Wildman–Crippen MR) is 73.5 cm³/mol. The van der Waals surface area contributed by atoms with Gasteiger partial charge in [0.1, 0.15) is 11.6 Å². The topological polar surface area (TPSA) is 44.4 Å². The van der Waals surface area contributed by atoms with Crippen molar-refractivity contribution in [3.8, 4) is 0 Å². The SMILES string of the molecule is CN(CC(=O)Nc1cc(F)cc(F)c1)CC1CCCN1. The fourth-order valence-corrected chi connectivity index (χ4v) is 2.42. The Bertz CT molecular complexity index is 455. The van der Waals surface area contributed by atoms with Crippen molar-refractivity contribution in [3.05, 3.63) is 29.8 Å². The zero-order valence-corrected chi connectivity index (χ0v) is 11.5. The molecular formula is C14H19F2N3O. The molecule has 1 fully saturated rings. The van der Waals surface area contributed by atoms with E-state index < -0.39 is 11.6 Å². The first kappa shape index (κ1) is 14.9. The molecule has 1 amide bonds. The molecule has 0 radical (unpaired) electrons. The van der Waals surface area contributed by atoms with Crippen LogP contribution in [-0.4, -0.2) is 43.5 Å². The minimum Gasteiger partial charge on any atom is -0.325 e. The summed E-state index contributed by atoms with van der Waals surface area (Å²) in [5.74, 6) is -1.69. The van der Waals surface area contributed by atoms with Crippen LogP contribution in [0.1, 0.15) is 12.8 Å². The van der Waals surface area contributed by atoms with E-state index in [1.807, 2.05) is 11.9 Å². The Hall–Kier alpha value is -1.53. The summed E-state index contributed by atoms with van der Waals surface area (Å²) < 4.78 is 26.0. The second kappa shape index (κ2) is 6.76. The summed E-state index contributed by atoms with van der Waals surface area (Å²) in [6.45, 7) is 1.99. The smallest absolute Gasteiger partial charge is 0.238 e. The van der Waals surface area contributed by atoms with E-state index in [9.17, 15) is 13.6 Å². The minimum absolute atomic E-state index is 0.139. The summed E-state index contributed by atoms with van der Waals surface area (Å²) >= 11 is 0. The molecular weight excluding hydrogens is 264 g/mol. The minimum atomic E-state index is -0.705. The third-order valence-electron chi connectivity index (χ3n) is 3.25. The van der Waals surface area contributed by atoms with Crippen LogP contribution in [0.2, 0.25) is 0 Å². The van der Waals surface area contributed by atoms with Crippen LogP contribution in [0.15, 0.2) is 18.2 Å². The van der Waals surface area contributed by atoms with Gasteiger partial charge in [-0.25, -0.2) is 8.78 Å². The quantitative estimate of drug-likeness (QED) is 0.862. The van der Waals surface area contributed by atoms with Gasteiger partial charge >= 0.3 is 0 Å². The summed E-state index contributed by atoms with van der Waals surface area (Å²) in [5.41, 5.74) is 0.139. The molecule has 1 unspecified atom stereocenters. The molecule has 1 aromatic rings. The summed E-state index contributed by atoms with van der Waals surface area (Å²) in [5, 5.41) is 5.85. The molecule has 1 heterocycles. The molecule has 6 heteroatoms. The van der Waals surface area contributed by atoms with Gasteiger partial charge in [-0.15, -0.1) is 0 Å². The molecule has 1 atom stereocenters. The second-order valence-corrected chi connectivity index (χ2v) is 5.20. The van der Waals surface area contributed by atoms with Crippen LogP contribution in [-0.2, 0) is 4.79 Å². The number of anilines is 1. The van der Waals surface area contributed by atoms with Crippen molar-refractivity contribution in [2.75, 3.05) is 32.0 Å². The van der Waals surface area contributed by atoms with Crippen molar-refractivity contribution in [1.29, 1.82) is 0 Å². The van der Waals surface area contributed by atoms with Gasteiger partial charge in [0.15, 0.2) is 0 Å². The number of amides is 1. The summed E-state index contributed by atoms with van der Waals surface area (Å²) in [6, 6.07) is 3.38. The number of nitrogens with one attached hydrogen (secondary N) is 2. The molecule has 110 valence electrons. The Balaban J connectivity index is 1.81. The van der Waals surface area contributed by atoms with Gasteiger partial charge in [-0.2, -0.15) is 0 Å². The molecule has 1 aromatic carbocycles. The first-order valence-corrected chi connectivity index (χ1v) is 6.71. The largest absolute Gasteiger partial charge is 0.325 e. The van der Waals surface area contributed by atoms with E-state index in [2.05, 4.69) is 10.6 Å². The zero-order chi connectivity index (χ0) is 14.5. The Morgan fingerprint density at radius 1 is 1.40 bits per heavy atom. The molecule has 0 aromatic heterocycles. The normalized spacial score (nSPS) is 18.5. The highest BCUT2D eigenvalue weighted by molar-refractivity contribution is 5.92. The highest BCUT2D eigenvalue weighted by Crippen LogP contribution is 2.13. The Morgan fingerprint density at radius 3 is 2.70 bits per heavy atom. The molecule has 0 saturated carbocycles. The van der Waals surface area contributed by atoms with Crippen molar-refractivity contribution in [2.45, 2.75) is 18.9 Å². The molecule has 4 nitrogen and oxygen atoms in total. The number of hydrogen-bond acceptors (Lipinski definition) is 3. The third kappa shape index (κ3) is 4.54. The molecule has 1 aliphatic heterocycles. The maximum absolute atomic E-state index is 13.0. The van der Waals surface area contributed by atoms with Gasteiger partial charge in [-0.3, -0.25) is 9.69 Å². The molecule has 0 spiro atoms. The highest BCUT2D eigenvalue weighted by atomic mass is 19.1. The highest BCUT2D eigenvalue weighted by Gasteiger charge is 2.17. The van der Waals surface area contributed by atoms with Crippen molar-refractivity contribution >= 4 is 11.6 Å². The van der Waals surface area contributed by atoms with Crippen LogP contribution in [0.25, 0.3) is 0 Å². The van der Waals surface area contributed by atoms with Gasteiger partial charge in [-0.1, -0.05) is 0 Å². The summed E-state index contributed by atoms with van der Waals surface area (Å²) in [4.78, 5) is 13.7. The van der Waals surface area contributed by atoms with Crippen molar-refractivity contribution in [1.82, 2.24) is 10.2 Å². The van der Waals surface area contributed by atoms with Crippen molar-refractivity contribution < 1.29 is 13.6 Å². The van der Waals surface area contributed by atoms with Crippen LogP contribution in [0.5, 0.6) is 0 Å². The fourth-order valence-electron chi connectivity index (χ4n) is 2.42. The Labute approximate surface area is 117 Å². The summed E-state index contributed by atoms with van der Waals surface area (Å²) in [6.07, 6.45) is 2.27. The van der Waals surface area contributed by atoms with Crippen LogP contribution in [0, 0.1) is 11.6 Å². The van der Waals surface area contributed by atoms with E-state index in [0.29, 0.717) is 6.04 Å². The zero-order valence-electron chi connectivity index (χ0n) is 11.5. The lowest BCUT2D eigenvalue weighted by atomic mass is 10.2. The lowest BCUT2D eigenvalue weighted by Gasteiger charge is -2.20. The molecule has 1 saturated heterocycles. The Morgan fingerprint density at radius 2 is 2.10 bits per heavy atom. The van der Waals surface area contributed by atoms with Gasteiger partial charge in [0.25, 0.3) is 0 Å².